The van der Waals surface area contributed by atoms with Gasteiger partial charge >= 0.3 is 0 Å². The van der Waals surface area contributed by atoms with Gasteiger partial charge in [-0.2, -0.15) is 0 Å². The number of carbonyl (C=O) groups is 1. The van der Waals surface area contributed by atoms with Crippen molar-refractivity contribution in [2.45, 2.75) is 19.3 Å². The number of methoxy groups -OCH3 is 1. The number of rotatable bonds is 4. The molecule has 0 fully saturated rings. The maximum atomic E-state index is 13.3. The molecule has 1 atom stereocenters. The highest BCUT2D eigenvalue weighted by atomic mass is 16.7. The van der Waals surface area contributed by atoms with Crippen molar-refractivity contribution >= 4 is 28.8 Å². The van der Waals surface area contributed by atoms with Crippen LogP contribution in [0.4, 0.5) is 11.4 Å². The van der Waals surface area contributed by atoms with E-state index in [1.165, 1.54) is 0 Å². The molecule has 3 aromatic carbocycles. The van der Waals surface area contributed by atoms with Gasteiger partial charge in [-0.1, -0.05) is 31.2 Å². The van der Waals surface area contributed by atoms with Crippen molar-refractivity contribution in [3.8, 4) is 17.2 Å². The summed E-state index contributed by atoms with van der Waals surface area (Å²) in [5.41, 5.74) is 3.83. The smallest absolute Gasteiger partial charge is 0.256 e. The number of para-hydroxylation sites is 2. The van der Waals surface area contributed by atoms with E-state index in [4.69, 9.17) is 24.2 Å². The zero-order valence-electron chi connectivity index (χ0n) is 18.4. The fourth-order valence-electron chi connectivity index (χ4n) is 3.98. The molecule has 0 saturated heterocycles. The molecule has 1 amide bonds. The Morgan fingerprint density at radius 3 is 2.45 bits per heavy atom. The van der Waals surface area contributed by atoms with Gasteiger partial charge in [0.1, 0.15) is 11.6 Å². The topological polar surface area (TPSA) is 81.5 Å². The number of amidine groups is 1. The van der Waals surface area contributed by atoms with Crippen LogP contribution in [0.5, 0.6) is 17.2 Å². The lowest BCUT2D eigenvalue weighted by molar-refractivity contribution is 0.0976. The molecule has 2 aliphatic rings. The van der Waals surface area contributed by atoms with E-state index in [-0.39, 0.29) is 18.6 Å². The van der Waals surface area contributed by atoms with Gasteiger partial charge in [-0.05, 0) is 54.4 Å². The number of benzene rings is 3. The molecule has 7 nitrogen and oxygen atoms in total. The van der Waals surface area contributed by atoms with Crippen molar-refractivity contribution in [3.63, 3.8) is 0 Å². The van der Waals surface area contributed by atoms with Crippen molar-refractivity contribution in [3.05, 3.63) is 77.9 Å². The van der Waals surface area contributed by atoms with Crippen LogP contribution in [-0.2, 0) is 0 Å². The number of aliphatic imine (C=N–C) groups is 2. The van der Waals surface area contributed by atoms with E-state index < -0.39 is 0 Å². The highest BCUT2D eigenvalue weighted by Crippen LogP contribution is 2.36. The molecule has 0 saturated carbocycles. The molecule has 0 aliphatic carbocycles. The first-order valence-corrected chi connectivity index (χ1v) is 10.8. The summed E-state index contributed by atoms with van der Waals surface area (Å²) in [6, 6.07) is 20.6. The molecule has 3 aromatic rings. The average Bonchev–Trinajstić information content (AvgIpc) is 3.26. The van der Waals surface area contributed by atoms with Crippen molar-refractivity contribution in [2.24, 2.45) is 9.98 Å². The Morgan fingerprint density at radius 2 is 1.73 bits per heavy atom. The molecule has 0 aromatic heterocycles. The molecule has 0 bridgehead atoms. The van der Waals surface area contributed by atoms with Crippen LogP contribution in [-0.4, -0.2) is 31.4 Å². The molecule has 0 spiro atoms. The Bertz CT molecular complexity index is 1260. The number of nitrogens with zero attached hydrogens (tertiary/aromatic N) is 2. The lowest BCUT2D eigenvalue weighted by Crippen LogP contribution is -2.37. The summed E-state index contributed by atoms with van der Waals surface area (Å²) in [7, 11) is 1.63. The quantitative estimate of drug-likeness (QED) is 0.606. The minimum atomic E-state index is -0.314. The van der Waals surface area contributed by atoms with Gasteiger partial charge in [-0.15, -0.1) is 0 Å². The molecule has 5 rings (SSSR count). The first kappa shape index (κ1) is 20.8. The Hall–Kier alpha value is -4.13. The summed E-state index contributed by atoms with van der Waals surface area (Å²) >= 11 is 0. The standard InChI is InChI=1S/C26H23N3O4/c1-3-19-24(16-8-11-18(31-2)12-9-16)25(28-21-7-5-4-6-20(21)27-19)29-26(30)17-10-13-22-23(14-17)33-15-32-22/h4-14,24H,3,15H2,1-2H3,(H,28,29,30)/t24-/m1/s1. The van der Waals surface area contributed by atoms with Crippen LogP contribution in [0.2, 0.25) is 0 Å². The van der Waals surface area contributed by atoms with Crippen LogP contribution in [0.1, 0.15) is 35.2 Å². The van der Waals surface area contributed by atoms with Gasteiger partial charge in [0.2, 0.25) is 6.79 Å². The molecule has 33 heavy (non-hydrogen) atoms. The summed E-state index contributed by atoms with van der Waals surface area (Å²) in [4.78, 5) is 23.0. The number of amides is 1. The van der Waals surface area contributed by atoms with Gasteiger partial charge in [0.05, 0.1) is 24.4 Å². The van der Waals surface area contributed by atoms with E-state index in [1.807, 2.05) is 48.5 Å². The second-order valence-electron chi connectivity index (χ2n) is 7.67. The Morgan fingerprint density at radius 1 is 1.00 bits per heavy atom. The molecule has 2 heterocycles. The van der Waals surface area contributed by atoms with Gasteiger partial charge in [0.25, 0.3) is 5.91 Å². The van der Waals surface area contributed by atoms with E-state index in [0.717, 1.165) is 22.7 Å². The third kappa shape index (κ3) is 4.05. The van der Waals surface area contributed by atoms with Crippen molar-refractivity contribution < 1.29 is 19.0 Å². The molecule has 2 aliphatic heterocycles. The Balaban J connectivity index is 1.56. The second-order valence-corrected chi connectivity index (χ2v) is 7.67. The SMILES string of the molecule is CCC1=Nc2ccccc2N=C(NC(=O)c2ccc3c(c2)OCO3)[C@@H]1c1ccc(OC)cc1. The number of ether oxygens (including phenoxy) is 3. The lowest BCUT2D eigenvalue weighted by atomic mass is 9.90. The van der Waals surface area contributed by atoms with Crippen molar-refractivity contribution in [1.29, 1.82) is 0 Å². The Labute approximate surface area is 191 Å². The summed E-state index contributed by atoms with van der Waals surface area (Å²) < 4.78 is 16.1. The molecule has 166 valence electrons. The fourth-order valence-corrected chi connectivity index (χ4v) is 3.98. The van der Waals surface area contributed by atoms with Crippen LogP contribution in [0.25, 0.3) is 0 Å². The van der Waals surface area contributed by atoms with E-state index in [2.05, 4.69) is 12.2 Å². The summed E-state index contributed by atoms with van der Waals surface area (Å²) in [5, 5.41) is 3.05. The first-order valence-electron chi connectivity index (χ1n) is 10.8. The predicted molar refractivity (Wildman–Crippen MR) is 127 cm³/mol. The minimum Gasteiger partial charge on any atom is -0.497 e. The number of hydrogen-bond acceptors (Lipinski definition) is 6. The molecule has 0 unspecified atom stereocenters. The van der Waals surface area contributed by atoms with Gasteiger partial charge in [0, 0.05) is 11.3 Å². The van der Waals surface area contributed by atoms with Crippen LogP contribution in [0.15, 0.2) is 76.7 Å². The molecular formula is C26H23N3O4. The van der Waals surface area contributed by atoms with Gasteiger partial charge in [-0.25, -0.2) is 4.99 Å². The lowest BCUT2D eigenvalue weighted by Gasteiger charge is -2.21. The van der Waals surface area contributed by atoms with Crippen LogP contribution in [0.3, 0.4) is 0 Å². The highest BCUT2D eigenvalue weighted by molar-refractivity contribution is 6.19. The zero-order valence-corrected chi connectivity index (χ0v) is 18.4. The Kier molecular flexibility index (Phi) is 5.52. The van der Waals surface area contributed by atoms with E-state index in [0.29, 0.717) is 35.0 Å². The number of nitrogens with one attached hydrogen (secondary N) is 1. The first-order chi connectivity index (χ1) is 16.2. The number of fused-ring (bicyclic) bond motifs is 2. The molecule has 7 heteroatoms. The van der Waals surface area contributed by atoms with E-state index in [1.54, 1.807) is 25.3 Å². The van der Waals surface area contributed by atoms with Crippen LogP contribution in [0, 0.1) is 0 Å². The maximum Gasteiger partial charge on any atom is 0.256 e. The van der Waals surface area contributed by atoms with Gasteiger partial charge < -0.3 is 19.5 Å². The largest absolute Gasteiger partial charge is 0.497 e. The number of carbonyl (C=O) groups excluding carboxylic acids is 1. The van der Waals surface area contributed by atoms with E-state index >= 15 is 0 Å². The van der Waals surface area contributed by atoms with E-state index in [9.17, 15) is 4.79 Å². The molecule has 1 N–H and O–H groups in total. The van der Waals surface area contributed by atoms with Crippen molar-refractivity contribution in [1.82, 2.24) is 5.32 Å². The summed E-state index contributed by atoms with van der Waals surface area (Å²) in [5.74, 6) is 1.87. The molecule has 0 radical (unpaired) electrons. The normalized spacial score (nSPS) is 16.2. The number of hydrogen-bond donors (Lipinski definition) is 1. The third-order valence-corrected chi connectivity index (χ3v) is 5.68. The predicted octanol–water partition coefficient (Wildman–Crippen LogP) is 5.16. The maximum absolute atomic E-state index is 13.3. The third-order valence-electron chi connectivity index (χ3n) is 5.68. The zero-order chi connectivity index (χ0) is 22.8. The second kappa shape index (κ2) is 8.78. The monoisotopic (exact) mass is 441 g/mol. The molecular weight excluding hydrogens is 418 g/mol. The van der Waals surface area contributed by atoms with Crippen molar-refractivity contribution in [2.75, 3.05) is 13.9 Å². The average molecular weight is 441 g/mol. The van der Waals surface area contributed by atoms with Gasteiger partial charge in [-0.3, -0.25) is 9.79 Å². The van der Waals surface area contributed by atoms with Crippen LogP contribution < -0.4 is 19.5 Å². The van der Waals surface area contributed by atoms with Crippen LogP contribution >= 0.6 is 0 Å². The fraction of sp³-hybridized carbons (Fsp3) is 0.192. The summed E-state index contributed by atoms with van der Waals surface area (Å²) in [6.07, 6.45) is 0.698. The highest BCUT2D eigenvalue weighted by Gasteiger charge is 2.28. The summed E-state index contributed by atoms with van der Waals surface area (Å²) in [6.45, 7) is 2.21. The minimum absolute atomic E-state index is 0.153. The van der Waals surface area contributed by atoms with Gasteiger partial charge in [0.15, 0.2) is 11.5 Å².